The van der Waals surface area contributed by atoms with Gasteiger partial charge in [0.15, 0.2) is 0 Å². The maximum atomic E-state index is 13.5. The smallest absolute Gasteiger partial charge is 0.345 e. The van der Waals surface area contributed by atoms with Gasteiger partial charge in [0.2, 0.25) is 4.90 Å². The van der Waals surface area contributed by atoms with E-state index < -0.39 is 10.4 Å². The van der Waals surface area contributed by atoms with Crippen molar-refractivity contribution in [2.24, 2.45) is 0 Å². The van der Waals surface area contributed by atoms with E-state index in [4.69, 9.17) is 0 Å². The summed E-state index contributed by atoms with van der Waals surface area (Å²) >= 11 is 0. The summed E-state index contributed by atoms with van der Waals surface area (Å²) in [6.45, 7) is 0. The molecule has 0 fully saturated rings. The highest BCUT2D eigenvalue weighted by atomic mass is 32.3. The van der Waals surface area contributed by atoms with Crippen LogP contribution in [0, 0.1) is 0 Å². The molecule has 4 aromatic rings. The molecular weight excluding hydrogens is 384 g/mol. The molecule has 0 saturated heterocycles. The first-order valence-electron chi connectivity index (χ1n) is 9.14. The predicted molar refractivity (Wildman–Crippen MR) is 116 cm³/mol. The minimum atomic E-state index is -3.57. The topological polar surface area (TPSA) is 62.5 Å². The minimum Gasteiger partial charge on any atom is -0.345 e. The molecule has 3 aromatic carbocycles. The third-order valence-electron chi connectivity index (χ3n) is 4.84. The van der Waals surface area contributed by atoms with Crippen molar-refractivity contribution in [2.75, 3.05) is 14.1 Å². The van der Waals surface area contributed by atoms with Crippen molar-refractivity contribution in [3.8, 4) is 11.1 Å². The fourth-order valence-electron chi connectivity index (χ4n) is 3.35. The average molecular weight is 405 g/mol. The summed E-state index contributed by atoms with van der Waals surface area (Å²) in [4.78, 5) is 13.8. The van der Waals surface area contributed by atoms with Gasteiger partial charge in [0.25, 0.3) is 5.91 Å². The van der Waals surface area contributed by atoms with Crippen LogP contribution in [0.2, 0.25) is 0 Å². The SMILES string of the molecule is CN(C)C(=O)c1ccc([S+](=O)(O)n2cc(-c3ccccc3)c3ccccc32)cc1. The van der Waals surface area contributed by atoms with Crippen molar-refractivity contribution in [1.29, 1.82) is 0 Å². The molecule has 1 unspecified atom stereocenters. The van der Waals surface area contributed by atoms with Crippen LogP contribution in [0.1, 0.15) is 10.4 Å². The fraction of sp³-hybridized carbons (Fsp3) is 0.0870. The summed E-state index contributed by atoms with van der Waals surface area (Å²) < 4.78 is 26.0. The Kier molecular flexibility index (Phi) is 4.82. The molecule has 1 amide bonds. The molecule has 1 aromatic heterocycles. The maximum Gasteiger partial charge on any atom is 0.352 e. The first kappa shape index (κ1) is 19.1. The van der Waals surface area contributed by atoms with Gasteiger partial charge in [-0.2, -0.15) is 4.55 Å². The maximum absolute atomic E-state index is 13.5. The van der Waals surface area contributed by atoms with Gasteiger partial charge in [0.1, 0.15) is 5.52 Å². The molecule has 1 heterocycles. The Labute approximate surface area is 170 Å². The molecule has 0 aliphatic rings. The first-order valence-corrected chi connectivity index (χ1v) is 10.6. The van der Waals surface area contributed by atoms with Gasteiger partial charge in [-0.1, -0.05) is 48.5 Å². The second-order valence-corrected chi connectivity index (χ2v) is 8.83. The van der Waals surface area contributed by atoms with Crippen LogP contribution in [0.3, 0.4) is 0 Å². The number of carbonyl (C=O) groups is 1. The van der Waals surface area contributed by atoms with E-state index in [0.29, 0.717) is 11.1 Å². The van der Waals surface area contributed by atoms with Crippen molar-refractivity contribution < 1.29 is 13.6 Å². The molecule has 0 aliphatic heterocycles. The van der Waals surface area contributed by atoms with Gasteiger partial charge in [-0.05, 0) is 40.1 Å². The standard InChI is InChI=1S/C23H20N2O3S/c1-24(2)23(26)18-12-14-19(15-13-18)29(27,28)25-16-21(17-8-4-3-5-9-17)20-10-6-7-11-22(20)25/h3-16H,1-2H3/p+1. The molecule has 0 aliphatic carbocycles. The molecule has 0 spiro atoms. The van der Waals surface area contributed by atoms with Gasteiger partial charge >= 0.3 is 10.4 Å². The summed E-state index contributed by atoms with van der Waals surface area (Å²) in [7, 11) is -0.235. The zero-order valence-electron chi connectivity index (χ0n) is 16.1. The zero-order chi connectivity index (χ0) is 20.6. The van der Waals surface area contributed by atoms with E-state index >= 15 is 0 Å². The summed E-state index contributed by atoms with van der Waals surface area (Å²) in [5.74, 6) is -0.154. The van der Waals surface area contributed by atoms with E-state index in [2.05, 4.69) is 0 Å². The lowest BCUT2D eigenvalue weighted by Gasteiger charge is -2.10. The van der Waals surface area contributed by atoms with Gasteiger partial charge in [-0.15, -0.1) is 3.97 Å². The number of nitrogens with zero attached hydrogens (tertiary/aromatic N) is 2. The van der Waals surface area contributed by atoms with E-state index in [9.17, 15) is 13.6 Å². The fourth-order valence-corrected chi connectivity index (χ4v) is 4.74. The van der Waals surface area contributed by atoms with Crippen LogP contribution >= 0.6 is 0 Å². The molecule has 5 nitrogen and oxygen atoms in total. The summed E-state index contributed by atoms with van der Waals surface area (Å²) in [6, 6.07) is 23.6. The molecule has 29 heavy (non-hydrogen) atoms. The van der Waals surface area contributed by atoms with E-state index in [0.717, 1.165) is 16.5 Å². The van der Waals surface area contributed by atoms with Gasteiger partial charge in [-0.3, -0.25) is 4.79 Å². The Morgan fingerprint density at radius 3 is 2.17 bits per heavy atom. The van der Waals surface area contributed by atoms with Crippen molar-refractivity contribution >= 4 is 27.2 Å². The lowest BCUT2D eigenvalue weighted by molar-refractivity contribution is 0.0827. The third-order valence-corrected chi connectivity index (χ3v) is 6.57. The number of hydrogen-bond acceptors (Lipinski definition) is 2. The molecule has 1 atom stereocenters. The highest BCUT2D eigenvalue weighted by Crippen LogP contribution is 2.34. The Balaban J connectivity index is 1.84. The predicted octanol–water partition coefficient (Wildman–Crippen LogP) is 4.80. The largest absolute Gasteiger partial charge is 0.352 e. The average Bonchev–Trinajstić information content (AvgIpc) is 3.14. The number of benzene rings is 3. The van der Waals surface area contributed by atoms with Gasteiger partial charge in [0.05, 0.1) is 6.20 Å². The van der Waals surface area contributed by atoms with Crippen molar-refractivity contribution in [3.63, 3.8) is 0 Å². The molecule has 0 bridgehead atoms. The molecule has 146 valence electrons. The quantitative estimate of drug-likeness (QED) is 0.496. The third kappa shape index (κ3) is 3.37. The van der Waals surface area contributed by atoms with Crippen molar-refractivity contribution in [2.45, 2.75) is 4.90 Å². The number of fused-ring (bicyclic) bond motifs is 1. The summed E-state index contributed by atoms with van der Waals surface area (Å²) in [5.41, 5.74) is 3.01. The molecular formula is C23H21N2O3S+. The molecule has 0 radical (unpaired) electrons. The minimum absolute atomic E-state index is 0.154. The van der Waals surface area contributed by atoms with E-state index in [1.807, 2.05) is 54.6 Å². The van der Waals surface area contributed by atoms with Crippen molar-refractivity contribution in [3.05, 3.63) is 90.6 Å². The highest BCUT2D eigenvalue weighted by Gasteiger charge is 2.34. The van der Waals surface area contributed by atoms with Crippen LogP contribution in [-0.2, 0) is 14.6 Å². The number of aromatic nitrogens is 1. The lowest BCUT2D eigenvalue weighted by Crippen LogP contribution is -2.22. The number of hydrogen-bond donors (Lipinski definition) is 1. The van der Waals surface area contributed by atoms with Crippen LogP contribution in [0.5, 0.6) is 0 Å². The lowest BCUT2D eigenvalue weighted by atomic mass is 10.1. The van der Waals surface area contributed by atoms with Gasteiger partial charge in [0, 0.05) is 30.6 Å². The van der Waals surface area contributed by atoms with E-state index in [1.165, 1.54) is 21.0 Å². The number of carbonyl (C=O) groups excluding carboxylic acids is 1. The van der Waals surface area contributed by atoms with Gasteiger partial charge in [-0.25, -0.2) is 0 Å². The van der Waals surface area contributed by atoms with Gasteiger partial charge < -0.3 is 4.90 Å². The second-order valence-electron chi connectivity index (χ2n) is 6.97. The highest BCUT2D eigenvalue weighted by molar-refractivity contribution is 7.96. The first-order chi connectivity index (χ1) is 13.9. The Bertz CT molecular complexity index is 1230. The Morgan fingerprint density at radius 1 is 0.897 bits per heavy atom. The molecule has 0 saturated carbocycles. The van der Waals surface area contributed by atoms with Crippen LogP contribution in [0.15, 0.2) is 90.0 Å². The Hall–Kier alpha value is -3.22. The van der Waals surface area contributed by atoms with Crippen LogP contribution in [-0.4, -0.2) is 33.4 Å². The summed E-state index contributed by atoms with van der Waals surface area (Å²) in [5, 5.41) is 0.903. The van der Waals surface area contributed by atoms with Crippen molar-refractivity contribution in [1.82, 2.24) is 8.87 Å². The Morgan fingerprint density at radius 2 is 1.52 bits per heavy atom. The molecule has 4 rings (SSSR count). The monoisotopic (exact) mass is 405 g/mol. The van der Waals surface area contributed by atoms with E-state index in [-0.39, 0.29) is 10.8 Å². The molecule has 1 N–H and O–H groups in total. The van der Waals surface area contributed by atoms with Crippen LogP contribution in [0.25, 0.3) is 22.0 Å². The zero-order valence-corrected chi connectivity index (χ0v) is 17.0. The molecule has 6 heteroatoms. The second kappa shape index (κ2) is 7.31. The van der Waals surface area contributed by atoms with E-state index in [1.54, 1.807) is 32.4 Å². The number of rotatable bonds is 4. The normalized spacial score (nSPS) is 13.2. The number of para-hydroxylation sites is 1. The number of amides is 1. The van der Waals surface area contributed by atoms with Crippen LogP contribution < -0.4 is 0 Å². The summed E-state index contributed by atoms with van der Waals surface area (Å²) in [6.07, 6.45) is 1.72. The van der Waals surface area contributed by atoms with Crippen LogP contribution in [0.4, 0.5) is 0 Å².